The Kier molecular flexibility index (Phi) is 4.18. The number of ether oxygens (including phenoxy) is 1. The molecule has 0 radical (unpaired) electrons. The molecule has 92 valence electrons. The Labute approximate surface area is 96.6 Å². The van der Waals surface area contributed by atoms with Crippen LogP contribution in [0.1, 0.15) is 32.1 Å². The van der Waals surface area contributed by atoms with Crippen molar-refractivity contribution in [2.45, 2.75) is 38.2 Å². The van der Waals surface area contributed by atoms with E-state index in [1.807, 2.05) is 4.90 Å². The first kappa shape index (κ1) is 11.9. The summed E-state index contributed by atoms with van der Waals surface area (Å²) in [6.07, 6.45) is 5.54. The minimum absolute atomic E-state index is 0.00838. The number of carbonyl (C=O) groups is 1. The number of amides is 1. The predicted molar refractivity (Wildman–Crippen MR) is 60.0 cm³/mol. The molecule has 16 heavy (non-hydrogen) atoms. The maximum absolute atomic E-state index is 12.2. The highest BCUT2D eigenvalue weighted by atomic mass is 16.5. The summed E-state index contributed by atoms with van der Waals surface area (Å²) in [5.74, 6) is 0.507. The standard InChI is InChI=1S/C12H21NO3/c14-9-11-8-13(6-7-16-11)12(15)10-4-2-1-3-5-10/h10-11,14H,1-9H2. The summed E-state index contributed by atoms with van der Waals surface area (Å²) >= 11 is 0. The zero-order valence-electron chi connectivity index (χ0n) is 9.73. The number of aliphatic hydroxyl groups excluding tert-OH is 1. The van der Waals surface area contributed by atoms with Gasteiger partial charge in [-0.2, -0.15) is 0 Å². The van der Waals surface area contributed by atoms with Gasteiger partial charge in [0.15, 0.2) is 0 Å². The zero-order valence-corrected chi connectivity index (χ0v) is 9.73. The summed E-state index contributed by atoms with van der Waals surface area (Å²) < 4.78 is 5.35. The van der Waals surface area contributed by atoms with E-state index in [1.54, 1.807) is 0 Å². The van der Waals surface area contributed by atoms with Crippen LogP contribution in [0.3, 0.4) is 0 Å². The van der Waals surface area contributed by atoms with Crippen LogP contribution in [0, 0.1) is 5.92 Å². The van der Waals surface area contributed by atoms with Gasteiger partial charge >= 0.3 is 0 Å². The first-order chi connectivity index (χ1) is 7.81. The normalized spacial score (nSPS) is 28.1. The van der Waals surface area contributed by atoms with Crippen LogP contribution in [0.15, 0.2) is 0 Å². The van der Waals surface area contributed by atoms with E-state index in [4.69, 9.17) is 9.84 Å². The fourth-order valence-corrected chi connectivity index (χ4v) is 2.64. The molecule has 4 heteroatoms. The molecule has 1 unspecified atom stereocenters. The molecule has 0 aromatic rings. The van der Waals surface area contributed by atoms with Gasteiger partial charge in [0.25, 0.3) is 0 Å². The van der Waals surface area contributed by atoms with Gasteiger partial charge in [-0.3, -0.25) is 4.79 Å². The Hall–Kier alpha value is -0.610. The molecule has 1 aliphatic heterocycles. The number of hydrogen-bond acceptors (Lipinski definition) is 3. The lowest BCUT2D eigenvalue weighted by atomic mass is 9.88. The van der Waals surface area contributed by atoms with E-state index in [1.165, 1.54) is 19.3 Å². The Morgan fingerprint density at radius 1 is 1.31 bits per heavy atom. The van der Waals surface area contributed by atoms with Gasteiger partial charge in [0.2, 0.25) is 5.91 Å². The molecule has 1 aliphatic carbocycles. The van der Waals surface area contributed by atoms with Gasteiger partial charge in [0, 0.05) is 19.0 Å². The molecule has 0 aromatic heterocycles. The minimum atomic E-state index is -0.179. The van der Waals surface area contributed by atoms with Crippen LogP contribution in [0.4, 0.5) is 0 Å². The third-order valence-corrected chi connectivity index (χ3v) is 3.61. The van der Waals surface area contributed by atoms with Crippen LogP contribution in [0.25, 0.3) is 0 Å². The van der Waals surface area contributed by atoms with Crippen molar-refractivity contribution < 1.29 is 14.6 Å². The number of nitrogens with zero attached hydrogens (tertiary/aromatic N) is 1. The Balaban J connectivity index is 1.87. The van der Waals surface area contributed by atoms with Crippen LogP contribution >= 0.6 is 0 Å². The highest BCUT2D eigenvalue weighted by molar-refractivity contribution is 5.79. The monoisotopic (exact) mass is 227 g/mol. The van der Waals surface area contributed by atoms with Gasteiger partial charge in [-0.1, -0.05) is 19.3 Å². The number of carbonyl (C=O) groups excluding carboxylic acids is 1. The van der Waals surface area contributed by atoms with E-state index < -0.39 is 0 Å². The van der Waals surface area contributed by atoms with Crippen LogP contribution in [-0.2, 0) is 9.53 Å². The summed E-state index contributed by atoms with van der Waals surface area (Å²) in [6, 6.07) is 0. The van der Waals surface area contributed by atoms with E-state index in [9.17, 15) is 4.79 Å². The molecule has 0 spiro atoms. The van der Waals surface area contributed by atoms with Crippen molar-refractivity contribution in [3.8, 4) is 0 Å². The van der Waals surface area contributed by atoms with Gasteiger partial charge in [-0.25, -0.2) is 0 Å². The van der Waals surface area contributed by atoms with Crippen molar-refractivity contribution in [3.05, 3.63) is 0 Å². The van der Waals surface area contributed by atoms with Crippen molar-refractivity contribution in [1.82, 2.24) is 4.90 Å². The third-order valence-electron chi connectivity index (χ3n) is 3.61. The van der Waals surface area contributed by atoms with E-state index in [0.717, 1.165) is 12.8 Å². The molecule has 0 aromatic carbocycles. The minimum Gasteiger partial charge on any atom is -0.394 e. The molecule has 1 saturated carbocycles. The molecule has 2 rings (SSSR count). The molecule has 1 saturated heterocycles. The molecule has 1 amide bonds. The lowest BCUT2D eigenvalue weighted by Gasteiger charge is -2.35. The molecule has 1 atom stereocenters. The fourth-order valence-electron chi connectivity index (χ4n) is 2.64. The topological polar surface area (TPSA) is 49.8 Å². The van der Waals surface area contributed by atoms with Crippen molar-refractivity contribution in [3.63, 3.8) is 0 Å². The molecule has 2 aliphatic rings. The summed E-state index contributed by atoms with van der Waals surface area (Å²) in [6.45, 7) is 1.82. The van der Waals surface area contributed by atoms with Gasteiger partial charge in [-0.15, -0.1) is 0 Å². The summed E-state index contributed by atoms with van der Waals surface area (Å²) in [4.78, 5) is 14.1. The Morgan fingerprint density at radius 3 is 2.75 bits per heavy atom. The average molecular weight is 227 g/mol. The predicted octanol–water partition coefficient (Wildman–Crippen LogP) is 0.786. The van der Waals surface area contributed by atoms with E-state index in [0.29, 0.717) is 19.7 Å². The average Bonchev–Trinajstić information content (AvgIpc) is 2.39. The van der Waals surface area contributed by atoms with Crippen molar-refractivity contribution in [2.24, 2.45) is 5.92 Å². The molecule has 0 bridgehead atoms. The van der Waals surface area contributed by atoms with Crippen LogP contribution in [0.2, 0.25) is 0 Å². The van der Waals surface area contributed by atoms with Gasteiger partial charge in [0.1, 0.15) is 0 Å². The quantitative estimate of drug-likeness (QED) is 0.758. The maximum atomic E-state index is 12.2. The molecule has 1 N–H and O–H groups in total. The number of morpholine rings is 1. The van der Waals surface area contributed by atoms with Gasteiger partial charge in [-0.05, 0) is 12.8 Å². The highest BCUT2D eigenvalue weighted by Crippen LogP contribution is 2.26. The number of hydrogen-bond donors (Lipinski definition) is 1. The second-order valence-corrected chi connectivity index (χ2v) is 4.79. The molecule has 2 fully saturated rings. The summed E-state index contributed by atoms with van der Waals surface area (Å²) in [7, 11) is 0. The van der Waals surface area contributed by atoms with E-state index >= 15 is 0 Å². The highest BCUT2D eigenvalue weighted by Gasteiger charge is 2.29. The van der Waals surface area contributed by atoms with Crippen molar-refractivity contribution >= 4 is 5.91 Å². The third kappa shape index (κ3) is 2.74. The summed E-state index contributed by atoms with van der Waals surface area (Å²) in [5, 5.41) is 9.04. The number of rotatable bonds is 2. The summed E-state index contributed by atoms with van der Waals surface area (Å²) in [5.41, 5.74) is 0. The first-order valence-electron chi connectivity index (χ1n) is 6.32. The van der Waals surface area contributed by atoms with Crippen molar-refractivity contribution in [2.75, 3.05) is 26.3 Å². The van der Waals surface area contributed by atoms with Gasteiger partial charge < -0.3 is 14.7 Å². The van der Waals surface area contributed by atoms with Crippen molar-refractivity contribution in [1.29, 1.82) is 0 Å². The van der Waals surface area contributed by atoms with Crippen LogP contribution in [0.5, 0.6) is 0 Å². The fraction of sp³-hybridized carbons (Fsp3) is 0.917. The Morgan fingerprint density at radius 2 is 2.06 bits per heavy atom. The zero-order chi connectivity index (χ0) is 11.4. The molecular formula is C12H21NO3. The SMILES string of the molecule is O=C(C1CCCCC1)N1CCOC(CO)C1. The van der Waals surface area contributed by atoms with Gasteiger partial charge in [0.05, 0.1) is 19.3 Å². The molecule has 4 nitrogen and oxygen atoms in total. The maximum Gasteiger partial charge on any atom is 0.225 e. The van der Waals surface area contributed by atoms with Crippen LogP contribution in [-0.4, -0.2) is 48.3 Å². The first-order valence-corrected chi connectivity index (χ1v) is 6.32. The smallest absolute Gasteiger partial charge is 0.225 e. The lowest BCUT2D eigenvalue weighted by Crippen LogP contribution is -2.49. The van der Waals surface area contributed by atoms with Crippen LogP contribution < -0.4 is 0 Å². The molecular weight excluding hydrogens is 206 g/mol. The largest absolute Gasteiger partial charge is 0.394 e. The molecule has 1 heterocycles. The lowest BCUT2D eigenvalue weighted by molar-refractivity contribution is -0.145. The van der Waals surface area contributed by atoms with E-state index in [2.05, 4.69) is 0 Å². The Bertz CT molecular complexity index is 238. The second-order valence-electron chi connectivity index (χ2n) is 4.79. The second kappa shape index (κ2) is 5.64. The number of aliphatic hydroxyl groups is 1. The van der Waals surface area contributed by atoms with E-state index in [-0.39, 0.29) is 24.5 Å².